The minimum atomic E-state index is -0.289. The molecule has 4 aromatic rings. The molecule has 8 heteroatoms. The zero-order valence-corrected chi connectivity index (χ0v) is 19.6. The molecule has 0 saturated carbocycles. The topological polar surface area (TPSA) is 90.1 Å². The molecule has 1 saturated heterocycles. The normalized spacial score (nSPS) is 15.6. The summed E-state index contributed by atoms with van der Waals surface area (Å²) < 4.78 is 6.06. The van der Waals surface area contributed by atoms with Crippen molar-refractivity contribution >= 4 is 17.3 Å². The maximum Gasteiger partial charge on any atom is 0.129 e. The largest absolute Gasteiger partial charge is 0.457 e. The fraction of sp³-hybridized carbons (Fsp3) is 0.346. The number of ether oxygens (including phenoxy) is 1. The molecule has 0 bridgehead atoms. The molecule has 1 aliphatic heterocycles. The third-order valence-corrected chi connectivity index (χ3v) is 6.19. The highest BCUT2D eigenvalue weighted by atomic mass is 16.5. The highest BCUT2D eigenvalue weighted by Crippen LogP contribution is 2.27. The number of piperazine rings is 1. The summed E-state index contributed by atoms with van der Waals surface area (Å²) in [7, 11) is 0. The number of hydrogen-bond acceptors (Lipinski definition) is 6. The van der Waals surface area contributed by atoms with Crippen molar-refractivity contribution < 1.29 is 9.53 Å². The number of aromatic nitrogens is 4. The second kappa shape index (κ2) is 9.40. The Kier molecular flexibility index (Phi) is 6.17. The molecule has 0 aliphatic carbocycles. The number of aromatic amines is 2. The van der Waals surface area contributed by atoms with Crippen LogP contribution in [0.1, 0.15) is 19.7 Å². The first-order chi connectivity index (χ1) is 16.5. The van der Waals surface area contributed by atoms with E-state index < -0.39 is 0 Å². The van der Waals surface area contributed by atoms with Gasteiger partial charge >= 0.3 is 0 Å². The van der Waals surface area contributed by atoms with E-state index in [9.17, 15) is 4.79 Å². The van der Waals surface area contributed by atoms with Crippen LogP contribution in [0.5, 0.6) is 11.5 Å². The minimum absolute atomic E-state index is 0.289. The Hall–Kier alpha value is -3.49. The number of aldehydes is 1. The summed E-state index contributed by atoms with van der Waals surface area (Å²) in [4.78, 5) is 24.2. The van der Waals surface area contributed by atoms with E-state index in [-0.39, 0.29) is 5.41 Å². The van der Waals surface area contributed by atoms with Gasteiger partial charge in [0, 0.05) is 50.4 Å². The van der Waals surface area contributed by atoms with Crippen LogP contribution in [0.2, 0.25) is 0 Å². The lowest BCUT2D eigenvalue weighted by molar-refractivity contribution is -0.115. The van der Waals surface area contributed by atoms with Gasteiger partial charge in [0.2, 0.25) is 0 Å². The third-order valence-electron chi connectivity index (χ3n) is 6.19. The molecule has 0 spiro atoms. The maximum atomic E-state index is 11.2. The molecule has 0 atom stereocenters. The molecule has 34 heavy (non-hydrogen) atoms. The first kappa shape index (κ1) is 22.3. The van der Waals surface area contributed by atoms with Crippen LogP contribution in [0.4, 0.5) is 0 Å². The summed E-state index contributed by atoms with van der Waals surface area (Å²) in [6.45, 7) is 9.45. The Morgan fingerprint density at radius 1 is 1.00 bits per heavy atom. The molecule has 2 aromatic heterocycles. The fourth-order valence-electron chi connectivity index (χ4n) is 4.37. The van der Waals surface area contributed by atoms with Gasteiger partial charge in [0.15, 0.2) is 0 Å². The number of benzene rings is 2. The quantitative estimate of drug-likeness (QED) is 0.387. The van der Waals surface area contributed by atoms with E-state index >= 15 is 0 Å². The maximum absolute atomic E-state index is 11.2. The second-order valence-electron chi connectivity index (χ2n) is 9.62. The molecular weight excluding hydrogens is 428 g/mol. The van der Waals surface area contributed by atoms with Crippen molar-refractivity contribution in [1.29, 1.82) is 0 Å². The van der Waals surface area contributed by atoms with Crippen LogP contribution >= 0.6 is 0 Å². The smallest absolute Gasteiger partial charge is 0.129 e. The van der Waals surface area contributed by atoms with E-state index in [1.807, 2.05) is 62.4 Å². The summed E-state index contributed by atoms with van der Waals surface area (Å²) in [5, 5.41) is 6.96. The third kappa shape index (κ3) is 5.18. The predicted octanol–water partition coefficient (Wildman–Crippen LogP) is 4.09. The van der Waals surface area contributed by atoms with Crippen molar-refractivity contribution in [2.45, 2.75) is 20.4 Å². The van der Waals surface area contributed by atoms with E-state index in [4.69, 9.17) is 9.72 Å². The number of imidazole rings is 1. The van der Waals surface area contributed by atoms with Gasteiger partial charge in [-0.05, 0) is 48.0 Å². The average molecular weight is 459 g/mol. The lowest BCUT2D eigenvalue weighted by Gasteiger charge is -2.37. The number of nitrogens with one attached hydrogen (secondary N) is 2. The van der Waals surface area contributed by atoms with Crippen molar-refractivity contribution in [3.8, 4) is 22.8 Å². The Labute approximate surface area is 198 Å². The summed E-state index contributed by atoms with van der Waals surface area (Å²) in [5.74, 6) is 2.50. The number of rotatable bonds is 8. The van der Waals surface area contributed by atoms with Crippen LogP contribution in [0.25, 0.3) is 22.3 Å². The summed E-state index contributed by atoms with van der Waals surface area (Å²) >= 11 is 0. The number of carbonyl (C=O) groups is 1. The van der Waals surface area contributed by atoms with Gasteiger partial charge in [0.05, 0.1) is 23.3 Å². The van der Waals surface area contributed by atoms with Crippen molar-refractivity contribution in [2.75, 3.05) is 32.7 Å². The first-order valence-corrected chi connectivity index (χ1v) is 11.6. The molecule has 0 amide bonds. The van der Waals surface area contributed by atoms with Crippen LogP contribution in [0.3, 0.4) is 0 Å². The van der Waals surface area contributed by atoms with E-state index in [1.165, 1.54) is 0 Å². The van der Waals surface area contributed by atoms with E-state index in [2.05, 4.69) is 25.0 Å². The van der Waals surface area contributed by atoms with Gasteiger partial charge in [-0.2, -0.15) is 5.10 Å². The SMILES string of the molecule is CC(C)(C=O)CN1CCN(Cc2nc3ccc(Oc4ccc(-c5ccn[nH]5)cc4)cc3[nH]2)CC1. The molecule has 176 valence electrons. The number of hydrogen-bond donors (Lipinski definition) is 2. The van der Waals surface area contributed by atoms with Gasteiger partial charge in [-0.25, -0.2) is 4.98 Å². The Morgan fingerprint density at radius 3 is 2.44 bits per heavy atom. The fourth-order valence-corrected chi connectivity index (χ4v) is 4.37. The van der Waals surface area contributed by atoms with Crippen molar-refractivity contribution in [3.05, 3.63) is 60.6 Å². The average Bonchev–Trinajstić information content (AvgIpc) is 3.50. The van der Waals surface area contributed by atoms with Gasteiger partial charge in [0.1, 0.15) is 23.6 Å². The zero-order valence-electron chi connectivity index (χ0n) is 19.6. The number of H-pyrrole nitrogens is 2. The second-order valence-corrected chi connectivity index (χ2v) is 9.62. The molecule has 5 rings (SSSR count). The zero-order chi connectivity index (χ0) is 23.5. The molecular formula is C26H30N6O2. The lowest BCUT2D eigenvalue weighted by atomic mass is 9.95. The standard InChI is InChI=1S/C26H30N6O2/c1-26(2,18-33)17-32-13-11-31(12-14-32)16-25-28-23-8-7-21(15-24(23)29-25)34-20-5-3-19(4-6-20)22-9-10-27-30-22/h3-10,15,18H,11-14,16-17H2,1-2H3,(H,27,30)(H,28,29). The molecule has 0 unspecified atom stereocenters. The first-order valence-electron chi connectivity index (χ1n) is 11.6. The molecule has 8 nitrogen and oxygen atoms in total. The molecule has 0 radical (unpaired) electrons. The van der Waals surface area contributed by atoms with Crippen molar-refractivity contribution in [1.82, 2.24) is 30.0 Å². The Balaban J connectivity index is 1.19. The van der Waals surface area contributed by atoms with Crippen LogP contribution in [0, 0.1) is 5.41 Å². The minimum Gasteiger partial charge on any atom is -0.457 e. The van der Waals surface area contributed by atoms with Gasteiger partial charge in [0.25, 0.3) is 0 Å². The number of nitrogens with zero attached hydrogens (tertiary/aromatic N) is 4. The Morgan fingerprint density at radius 2 is 1.74 bits per heavy atom. The molecule has 1 aliphatic rings. The predicted molar refractivity (Wildman–Crippen MR) is 132 cm³/mol. The molecule has 3 heterocycles. The van der Waals surface area contributed by atoms with E-state index in [0.29, 0.717) is 0 Å². The Bertz CT molecular complexity index is 1240. The highest BCUT2D eigenvalue weighted by molar-refractivity contribution is 5.77. The molecule has 2 aromatic carbocycles. The number of fused-ring (bicyclic) bond motifs is 1. The lowest BCUT2D eigenvalue weighted by Crippen LogP contribution is -2.48. The summed E-state index contributed by atoms with van der Waals surface area (Å²) in [5.41, 5.74) is 3.65. The number of carbonyl (C=O) groups excluding carboxylic acids is 1. The summed E-state index contributed by atoms with van der Waals surface area (Å²) in [6.07, 6.45) is 2.80. The van der Waals surface area contributed by atoms with E-state index in [1.54, 1.807) is 6.20 Å². The van der Waals surface area contributed by atoms with Gasteiger partial charge in [-0.15, -0.1) is 0 Å². The molecule has 1 fully saturated rings. The van der Waals surface area contributed by atoms with Crippen molar-refractivity contribution in [3.63, 3.8) is 0 Å². The van der Waals surface area contributed by atoms with Crippen LogP contribution in [-0.4, -0.2) is 69.0 Å². The van der Waals surface area contributed by atoms with Gasteiger partial charge < -0.3 is 14.5 Å². The van der Waals surface area contributed by atoms with Gasteiger partial charge in [-0.3, -0.25) is 14.9 Å². The van der Waals surface area contributed by atoms with Crippen LogP contribution in [-0.2, 0) is 11.3 Å². The van der Waals surface area contributed by atoms with E-state index in [0.717, 1.165) is 85.2 Å². The highest BCUT2D eigenvalue weighted by Gasteiger charge is 2.24. The van der Waals surface area contributed by atoms with Crippen LogP contribution < -0.4 is 4.74 Å². The summed E-state index contributed by atoms with van der Waals surface area (Å²) in [6, 6.07) is 15.8. The molecule has 2 N–H and O–H groups in total. The monoisotopic (exact) mass is 458 g/mol. The van der Waals surface area contributed by atoms with Crippen molar-refractivity contribution in [2.24, 2.45) is 5.41 Å². The van der Waals surface area contributed by atoms with Gasteiger partial charge in [-0.1, -0.05) is 13.8 Å². The van der Waals surface area contributed by atoms with Crippen LogP contribution in [0.15, 0.2) is 54.7 Å².